The summed E-state index contributed by atoms with van der Waals surface area (Å²) in [5, 5.41) is 5.49. The number of pyridine rings is 1. The number of halogens is 1. The topological polar surface area (TPSA) is 71.1 Å². The fourth-order valence-electron chi connectivity index (χ4n) is 2.57. The summed E-state index contributed by atoms with van der Waals surface area (Å²) in [6.45, 7) is 3.80. The summed E-state index contributed by atoms with van der Waals surface area (Å²) in [7, 11) is 0. The molecule has 0 saturated heterocycles. The van der Waals surface area contributed by atoms with Crippen molar-refractivity contribution in [3.8, 4) is 0 Å². The maximum Gasteiger partial charge on any atom is 0.273 e. The molecule has 146 valence electrons. The monoisotopic (exact) mass is 449 g/mol. The fourth-order valence-corrected chi connectivity index (χ4v) is 2.84. The zero-order valence-corrected chi connectivity index (χ0v) is 17.7. The number of nitrogens with zero attached hydrogens (tertiary/aromatic N) is 1. The van der Waals surface area contributed by atoms with Crippen LogP contribution in [0.2, 0.25) is 0 Å². The van der Waals surface area contributed by atoms with Crippen LogP contribution in [0, 0.1) is 13.8 Å². The first-order chi connectivity index (χ1) is 13.9. The molecular formula is C23H20BrN3O2. The van der Waals surface area contributed by atoms with Crippen molar-refractivity contribution < 1.29 is 9.59 Å². The number of amides is 2. The van der Waals surface area contributed by atoms with Crippen molar-refractivity contribution in [2.24, 2.45) is 0 Å². The van der Waals surface area contributed by atoms with Gasteiger partial charge in [-0.05, 0) is 61.4 Å². The number of hydrogen-bond donors (Lipinski definition) is 2. The third-order valence-corrected chi connectivity index (χ3v) is 4.76. The van der Waals surface area contributed by atoms with Gasteiger partial charge in [0.05, 0.1) is 0 Å². The first kappa shape index (κ1) is 20.5. The summed E-state index contributed by atoms with van der Waals surface area (Å²) < 4.78 is 0.924. The van der Waals surface area contributed by atoms with Crippen LogP contribution in [0.4, 0.5) is 5.82 Å². The molecule has 5 nitrogen and oxygen atoms in total. The van der Waals surface area contributed by atoms with E-state index in [1.165, 1.54) is 0 Å². The summed E-state index contributed by atoms with van der Waals surface area (Å²) in [5.74, 6) is -0.361. The highest BCUT2D eigenvalue weighted by Crippen LogP contribution is 2.15. The number of rotatable bonds is 5. The molecule has 0 aliphatic heterocycles. The van der Waals surface area contributed by atoms with Crippen LogP contribution in [0.3, 0.4) is 0 Å². The quantitative estimate of drug-likeness (QED) is 0.545. The predicted octanol–water partition coefficient (Wildman–Crippen LogP) is 4.87. The number of carbonyl (C=O) groups excluding carboxylic acids is 2. The van der Waals surface area contributed by atoms with Crippen molar-refractivity contribution >= 4 is 39.6 Å². The normalized spacial score (nSPS) is 11.1. The minimum Gasteiger partial charge on any atom is -0.317 e. The van der Waals surface area contributed by atoms with Crippen molar-refractivity contribution in [1.29, 1.82) is 0 Å². The van der Waals surface area contributed by atoms with E-state index in [9.17, 15) is 9.59 Å². The van der Waals surface area contributed by atoms with Gasteiger partial charge in [0.25, 0.3) is 11.8 Å². The molecule has 2 amide bonds. The molecule has 0 unspecified atom stereocenters. The number of aryl methyl sites for hydroxylation is 2. The van der Waals surface area contributed by atoms with E-state index in [0.717, 1.165) is 21.2 Å². The molecule has 6 heteroatoms. The van der Waals surface area contributed by atoms with E-state index >= 15 is 0 Å². The van der Waals surface area contributed by atoms with Gasteiger partial charge in [0.15, 0.2) is 0 Å². The molecule has 0 fully saturated rings. The number of aromatic nitrogens is 1. The molecule has 1 aromatic heterocycles. The van der Waals surface area contributed by atoms with E-state index < -0.39 is 5.91 Å². The Labute approximate surface area is 178 Å². The molecular weight excluding hydrogens is 430 g/mol. The standard InChI is InChI=1S/C23H20BrN3O2/c1-15-5-9-18(10-6-15)22(28)26-20(14-17-7-11-19(24)12-8-17)23(29)27-21-16(2)4-3-13-25-21/h3-14H,1-2H3,(H,26,28)(H,25,27,29). The highest BCUT2D eigenvalue weighted by atomic mass is 79.9. The van der Waals surface area contributed by atoms with Crippen LogP contribution in [0.15, 0.2) is 77.0 Å². The predicted molar refractivity (Wildman–Crippen MR) is 118 cm³/mol. The van der Waals surface area contributed by atoms with Crippen LogP contribution >= 0.6 is 15.9 Å². The second-order valence-electron chi connectivity index (χ2n) is 6.55. The molecule has 0 aliphatic rings. The van der Waals surface area contributed by atoms with E-state index in [2.05, 4.69) is 31.5 Å². The van der Waals surface area contributed by atoms with Crippen LogP contribution in [-0.2, 0) is 4.79 Å². The van der Waals surface area contributed by atoms with Gasteiger partial charge in [0, 0.05) is 16.2 Å². The zero-order valence-electron chi connectivity index (χ0n) is 16.1. The summed E-state index contributed by atoms with van der Waals surface area (Å²) in [6.07, 6.45) is 3.23. The Kier molecular flexibility index (Phi) is 6.57. The van der Waals surface area contributed by atoms with Gasteiger partial charge in [-0.1, -0.05) is 51.8 Å². The lowest BCUT2D eigenvalue weighted by molar-refractivity contribution is -0.113. The molecule has 0 aliphatic carbocycles. The molecule has 2 N–H and O–H groups in total. The Morgan fingerprint density at radius 2 is 1.66 bits per heavy atom. The van der Waals surface area contributed by atoms with Gasteiger partial charge >= 0.3 is 0 Å². The minimum atomic E-state index is -0.449. The average molecular weight is 450 g/mol. The number of carbonyl (C=O) groups is 2. The molecule has 3 rings (SSSR count). The first-order valence-corrected chi connectivity index (χ1v) is 9.80. The van der Waals surface area contributed by atoms with Gasteiger partial charge in [-0.15, -0.1) is 0 Å². The van der Waals surface area contributed by atoms with E-state index in [4.69, 9.17) is 0 Å². The Morgan fingerprint density at radius 1 is 0.966 bits per heavy atom. The number of hydrogen-bond acceptors (Lipinski definition) is 3. The molecule has 2 aromatic carbocycles. The van der Waals surface area contributed by atoms with Crippen LogP contribution in [0.25, 0.3) is 6.08 Å². The number of anilines is 1. The lowest BCUT2D eigenvalue weighted by atomic mass is 10.1. The van der Waals surface area contributed by atoms with E-state index in [1.54, 1.807) is 30.5 Å². The van der Waals surface area contributed by atoms with Gasteiger partial charge < -0.3 is 10.6 Å². The molecule has 3 aromatic rings. The number of benzene rings is 2. The van der Waals surface area contributed by atoms with E-state index in [0.29, 0.717) is 11.4 Å². The van der Waals surface area contributed by atoms with Crippen LogP contribution < -0.4 is 10.6 Å². The average Bonchev–Trinajstić information content (AvgIpc) is 2.71. The number of nitrogens with one attached hydrogen (secondary N) is 2. The Hall–Kier alpha value is -3.25. The second-order valence-corrected chi connectivity index (χ2v) is 7.47. The van der Waals surface area contributed by atoms with Crippen molar-refractivity contribution in [3.63, 3.8) is 0 Å². The van der Waals surface area contributed by atoms with Gasteiger partial charge in [-0.25, -0.2) is 4.98 Å². The van der Waals surface area contributed by atoms with Crippen molar-refractivity contribution in [2.45, 2.75) is 13.8 Å². The SMILES string of the molecule is Cc1ccc(C(=O)NC(=Cc2ccc(Br)cc2)C(=O)Nc2ncccc2C)cc1. The highest BCUT2D eigenvalue weighted by Gasteiger charge is 2.16. The molecule has 0 bridgehead atoms. The van der Waals surface area contributed by atoms with Gasteiger partial charge in [-0.3, -0.25) is 9.59 Å². The Bertz CT molecular complexity index is 1060. The largest absolute Gasteiger partial charge is 0.317 e. The minimum absolute atomic E-state index is 0.128. The lowest BCUT2D eigenvalue weighted by Crippen LogP contribution is -2.31. The third-order valence-electron chi connectivity index (χ3n) is 4.23. The van der Waals surface area contributed by atoms with Gasteiger partial charge in [0.2, 0.25) is 0 Å². The van der Waals surface area contributed by atoms with Gasteiger partial charge in [-0.2, -0.15) is 0 Å². The molecule has 29 heavy (non-hydrogen) atoms. The maximum absolute atomic E-state index is 12.9. The van der Waals surface area contributed by atoms with Crippen LogP contribution in [0.5, 0.6) is 0 Å². The zero-order chi connectivity index (χ0) is 20.8. The second kappa shape index (κ2) is 9.30. The summed E-state index contributed by atoms with van der Waals surface area (Å²) in [6, 6.07) is 18.2. The summed E-state index contributed by atoms with van der Waals surface area (Å²) in [4.78, 5) is 29.8. The Balaban J connectivity index is 1.89. The molecule has 1 heterocycles. The summed E-state index contributed by atoms with van der Waals surface area (Å²) in [5.41, 5.74) is 3.26. The Morgan fingerprint density at radius 3 is 2.31 bits per heavy atom. The summed E-state index contributed by atoms with van der Waals surface area (Å²) >= 11 is 3.39. The highest BCUT2D eigenvalue weighted by molar-refractivity contribution is 9.10. The van der Waals surface area contributed by atoms with Crippen molar-refractivity contribution in [2.75, 3.05) is 5.32 Å². The van der Waals surface area contributed by atoms with Crippen LogP contribution in [-0.4, -0.2) is 16.8 Å². The molecule has 0 radical (unpaired) electrons. The first-order valence-electron chi connectivity index (χ1n) is 9.00. The van der Waals surface area contributed by atoms with Crippen LogP contribution in [0.1, 0.15) is 27.0 Å². The van der Waals surface area contributed by atoms with E-state index in [-0.39, 0.29) is 11.6 Å². The van der Waals surface area contributed by atoms with Crippen molar-refractivity contribution in [3.05, 3.63) is 99.3 Å². The molecule has 0 saturated carbocycles. The smallest absolute Gasteiger partial charge is 0.273 e. The van der Waals surface area contributed by atoms with E-state index in [1.807, 2.05) is 56.3 Å². The van der Waals surface area contributed by atoms with Crippen molar-refractivity contribution in [1.82, 2.24) is 10.3 Å². The fraction of sp³-hybridized carbons (Fsp3) is 0.0870. The lowest BCUT2D eigenvalue weighted by Gasteiger charge is -2.12. The molecule has 0 spiro atoms. The maximum atomic E-state index is 12.9. The van der Waals surface area contributed by atoms with Gasteiger partial charge in [0.1, 0.15) is 11.5 Å². The molecule has 0 atom stereocenters. The third kappa shape index (κ3) is 5.62.